The lowest BCUT2D eigenvalue weighted by Crippen LogP contribution is -2.68. The smallest absolute Gasteiger partial charge is 0.265 e. The second-order valence-electron chi connectivity index (χ2n) is 6.99. The van der Waals surface area contributed by atoms with E-state index in [1.54, 1.807) is 4.90 Å². The van der Waals surface area contributed by atoms with Gasteiger partial charge in [-0.15, -0.1) is 0 Å². The lowest BCUT2D eigenvalue weighted by Gasteiger charge is -2.61. The Kier molecular flexibility index (Phi) is 2.89. The van der Waals surface area contributed by atoms with Crippen molar-refractivity contribution >= 4 is 5.91 Å². The highest BCUT2D eigenvalue weighted by atomic mass is 19.3. The summed E-state index contributed by atoms with van der Waals surface area (Å²) in [7, 11) is 0. The maximum absolute atomic E-state index is 13.9. The van der Waals surface area contributed by atoms with Gasteiger partial charge in [-0.25, -0.2) is 8.78 Å². The van der Waals surface area contributed by atoms with E-state index in [-0.39, 0.29) is 30.5 Å². The first-order chi connectivity index (χ1) is 8.80. The van der Waals surface area contributed by atoms with Gasteiger partial charge >= 0.3 is 0 Å². The third kappa shape index (κ3) is 2.26. The highest BCUT2D eigenvalue weighted by molar-refractivity contribution is 5.77. The predicted octanol–water partition coefficient (Wildman–Crippen LogP) is 2.02. The zero-order valence-corrected chi connectivity index (χ0v) is 11.6. The van der Waals surface area contributed by atoms with Gasteiger partial charge in [0.1, 0.15) is 0 Å². The average Bonchev–Trinajstić information content (AvgIpc) is 2.47. The second kappa shape index (κ2) is 4.14. The molecule has 1 amide bonds. The number of alkyl halides is 2. The summed E-state index contributed by atoms with van der Waals surface area (Å²) in [5.41, 5.74) is -0.00657. The van der Waals surface area contributed by atoms with Gasteiger partial charge in [0.15, 0.2) is 0 Å². The zero-order chi connectivity index (χ0) is 13.8. The fraction of sp³-hybridized carbons (Fsp3) is 0.929. The molecular weight excluding hydrogens is 250 g/mol. The number of nitrogens with zero attached hydrogens (tertiary/aromatic N) is 1. The maximum atomic E-state index is 13.9. The number of carbonyl (C=O) groups excluding carboxylic acids is 1. The van der Waals surface area contributed by atoms with Crippen LogP contribution in [0.3, 0.4) is 0 Å². The van der Waals surface area contributed by atoms with Gasteiger partial charge in [-0.2, -0.15) is 0 Å². The summed E-state index contributed by atoms with van der Waals surface area (Å²) in [4.78, 5) is 13.7. The largest absolute Gasteiger partial charge is 0.351 e. The maximum Gasteiger partial charge on any atom is 0.265 e. The van der Waals surface area contributed by atoms with E-state index < -0.39 is 11.8 Å². The van der Waals surface area contributed by atoms with Crippen LogP contribution < -0.4 is 5.32 Å². The van der Waals surface area contributed by atoms with E-state index in [9.17, 15) is 13.6 Å². The van der Waals surface area contributed by atoms with Crippen LogP contribution in [0.25, 0.3) is 0 Å². The molecule has 3 nitrogen and oxygen atoms in total. The summed E-state index contributed by atoms with van der Waals surface area (Å²) in [5, 5.41) is 2.98. The topological polar surface area (TPSA) is 32.3 Å². The van der Waals surface area contributed by atoms with Crippen LogP contribution >= 0.6 is 0 Å². The fourth-order valence-corrected chi connectivity index (χ4v) is 3.69. The third-order valence-corrected chi connectivity index (χ3v) is 5.07. The van der Waals surface area contributed by atoms with Gasteiger partial charge in [0.05, 0.1) is 6.54 Å². The van der Waals surface area contributed by atoms with Gasteiger partial charge in [-0.05, 0) is 39.0 Å². The van der Waals surface area contributed by atoms with Crippen LogP contribution in [0.1, 0.15) is 39.5 Å². The molecule has 1 atom stereocenters. The van der Waals surface area contributed by atoms with Crippen LogP contribution in [0.2, 0.25) is 0 Å². The number of hydrogen-bond acceptors (Lipinski definition) is 2. The Labute approximate surface area is 112 Å². The normalized spacial score (nSPS) is 39.8. The molecular formula is C14H22F2N2O. The van der Waals surface area contributed by atoms with Gasteiger partial charge < -0.3 is 5.32 Å². The highest BCUT2D eigenvalue weighted by Crippen LogP contribution is 2.57. The van der Waals surface area contributed by atoms with Crippen molar-refractivity contribution in [3.05, 3.63) is 0 Å². The standard InChI is InChI=1S/C14H22F2N2O/c1-9(2)18-7-11(14(15,16)8-18)3-12(19)17-13-4-10(5-13)6-13/h9-11H,3-8H2,1-2H3,(H,17,19). The minimum Gasteiger partial charge on any atom is -0.351 e. The van der Waals surface area contributed by atoms with E-state index in [0.29, 0.717) is 6.54 Å². The quantitative estimate of drug-likeness (QED) is 0.849. The summed E-state index contributed by atoms with van der Waals surface area (Å²) >= 11 is 0. The molecule has 4 aliphatic rings. The fourth-order valence-electron chi connectivity index (χ4n) is 3.69. The number of hydrogen-bond donors (Lipinski definition) is 1. The minimum atomic E-state index is -2.74. The Morgan fingerprint density at radius 2 is 2.00 bits per heavy atom. The molecule has 1 saturated heterocycles. The Hall–Kier alpha value is -0.710. The van der Waals surface area contributed by atoms with Crippen LogP contribution in [0.5, 0.6) is 0 Å². The summed E-state index contributed by atoms with van der Waals surface area (Å²) in [6.45, 7) is 3.95. The summed E-state index contributed by atoms with van der Waals surface area (Å²) in [6.07, 6.45) is 3.12. The number of carbonyl (C=O) groups is 1. The lowest BCUT2D eigenvalue weighted by atomic mass is 9.50. The highest BCUT2D eigenvalue weighted by Gasteiger charge is 2.58. The summed E-state index contributed by atoms with van der Waals surface area (Å²) in [6, 6.07) is 0.108. The van der Waals surface area contributed by atoms with Crippen molar-refractivity contribution in [1.29, 1.82) is 0 Å². The Morgan fingerprint density at radius 1 is 1.37 bits per heavy atom. The van der Waals surface area contributed by atoms with Crippen molar-refractivity contribution in [2.24, 2.45) is 11.8 Å². The number of rotatable bonds is 4. The number of likely N-dealkylation sites (tertiary alicyclic amines) is 1. The third-order valence-electron chi connectivity index (χ3n) is 5.07. The minimum absolute atomic E-state index is 0.00657. The predicted molar refractivity (Wildman–Crippen MR) is 68.0 cm³/mol. The average molecular weight is 272 g/mol. The van der Waals surface area contributed by atoms with Crippen molar-refractivity contribution < 1.29 is 13.6 Å². The molecule has 4 rings (SSSR count). The molecule has 1 aliphatic heterocycles. The first-order valence-electron chi connectivity index (χ1n) is 7.23. The van der Waals surface area contributed by atoms with Crippen LogP contribution in [0, 0.1) is 11.8 Å². The molecule has 0 spiro atoms. The Bertz CT molecular complexity index is 380. The van der Waals surface area contributed by atoms with Gasteiger partial charge in [0, 0.05) is 30.5 Å². The van der Waals surface area contributed by atoms with Crippen LogP contribution in [0.4, 0.5) is 8.78 Å². The zero-order valence-electron chi connectivity index (χ0n) is 11.6. The van der Waals surface area contributed by atoms with E-state index in [4.69, 9.17) is 0 Å². The monoisotopic (exact) mass is 272 g/mol. The number of nitrogens with one attached hydrogen (secondary N) is 1. The molecule has 5 heteroatoms. The first-order valence-corrected chi connectivity index (χ1v) is 7.23. The van der Waals surface area contributed by atoms with Gasteiger partial charge in [0.2, 0.25) is 5.91 Å². The molecule has 2 bridgehead atoms. The van der Waals surface area contributed by atoms with Crippen LogP contribution in [-0.2, 0) is 4.79 Å². The molecule has 4 fully saturated rings. The van der Waals surface area contributed by atoms with E-state index in [1.165, 1.54) is 0 Å². The Morgan fingerprint density at radius 3 is 2.42 bits per heavy atom. The van der Waals surface area contributed by atoms with Crippen molar-refractivity contribution in [3.8, 4) is 0 Å². The van der Waals surface area contributed by atoms with E-state index >= 15 is 0 Å². The van der Waals surface area contributed by atoms with Gasteiger partial charge in [-0.3, -0.25) is 9.69 Å². The van der Waals surface area contributed by atoms with Crippen molar-refractivity contribution in [2.75, 3.05) is 13.1 Å². The number of amides is 1. The molecule has 3 saturated carbocycles. The van der Waals surface area contributed by atoms with E-state index in [0.717, 1.165) is 25.2 Å². The van der Waals surface area contributed by atoms with Gasteiger partial charge in [-0.1, -0.05) is 0 Å². The molecule has 1 heterocycles. The number of halogens is 2. The van der Waals surface area contributed by atoms with E-state index in [2.05, 4.69) is 5.32 Å². The molecule has 1 N–H and O–H groups in total. The molecule has 0 aromatic carbocycles. The molecule has 108 valence electrons. The first kappa shape index (κ1) is 13.3. The van der Waals surface area contributed by atoms with Crippen molar-refractivity contribution in [1.82, 2.24) is 10.2 Å². The molecule has 0 aromatic rings. The van der Waals surface area contributed by atoms with Crippen molar-refractivity contribution in [3.63, 3.8) is 0 Å². The summed E-state index contributed by atoms with van der Waals surface area (Å²) in [5.74, 6) is -2.97. The summed E-state index contributed by atoms with van der Waals surface area (Å²) < 4.78 is 27.8. The van der Waals surface area contributed by atoms with Gasteiger partial charge in [0.25, 0.3) is 5.92 Å². The molecule has 19 heavy (non-hydrogen) atoms. The second-order valence-corrected chi connectivity index (χ2v) is 6.99. The molecule has 0 aromatic heterocycles. The SMILES string of the molecule is CC(C)N1CC(CC(=O)NC23CC(C2)C3)C(F)(F)C1. The molecule has 3 aliphatic carbocycles. The molecule has 1 unspecified atom stereocenters. The molecule has 0 radical (unpaired) electrons. The Balaban J connectivity index is 1.54. The van der Waals surface area contributed by atoms with Crippen LogP contribution in [-0.4, -0.2) is 41.4 Å². The lowest BCUT2D eigenvalue weighted by molar-refractivity contribution is -0.136. The van der Waals surface area contributed by atoms with E-state index in [1.807, 2.05) is 13.8 Å². The van der Waals surface area contributed by atoms with Crippen molar-refractivity contribution in [2.45, 2.75) is 57.0 Å². The van der Waals surface area contributed by atoms with Crippen LogP contribution in [0.15, 0.2) is 0 Å².